The molecule has 0 aromatic carbocycles. The standard InChI is InChI=1S/C12H21N3O3/c1-4-5-7-18-8-6-13-11-10(12(16)17)9(2)14-15(11)3/h13H,4-8H2,1-3H3,(H,16,17). The minimum atomic E-state index is -0.963. The van der Waals surface area contributed by atoms with E-state index < -0.39 is 5.97 Å². The Labute approximate surface area is 107 Å². The van der Waals surface area contributed by atoms with Gasteiger partial charge in [0, 0.05) is 20.2 Å². The Hall–Kier alpha value is -1.56. The molecule has 1 aromatic heterocycles. The topological polar surface area (TPSA) is 76.4 Å². The largest absolute Gasteiger partial charge is 0.477 e. The monoisotopic (exact) mass is 255 g/mol. The van der Waals surface area contributed by atoms with E-state index in [1.165, 1.54) is 0 Å². The van der Waals surface area contributed by atoms with Gasteiger partial charge in [-0.05, 0) is 13.3 Å². The van der Waals surface area contributed by atoms with E-state index in [0.29, 0.717) is 24.7 Å². The molecule has 0 amide bonds. The van der Waals surface area contributed by atoms with E-state index in [-0.39, 0.29) is 5.56 Å². The Balaban J connectivity index is 2.49. The summed E-state index contributed by atoms with van der Waals surface area (Å²) in [5, 5.41) is 16.3. The van der Waals surface area contributed by atoms with Crippen molar-refractivity contribution in [3.05, 3.63) is 11.3 Å². The molecule has 0 aliphatic heterocycles. The quantitative estimate of drug-likeness (QED) is 0.691. The summed E-state index contributed by atoms with van der Waals surface area (Å²) in [4.78, 5) is 11.1. The van der Waals surface area contributed by atoms with E-state index in [1.807, 2.05) is 0 Å². The number of carbonyl (C=O) groups is 1. The molecule has 0 fully saturated rings. The second-order valence-corrected chi connectivity index (χ2v) is 4.13. The van der Waals surface area contributed by atoms with Crippen molar-refractivity contribution in [1.29, 1.82) is 0 Å². The Bertz CT molecular complexity index is 402. The average Bonchev–Trinajstić information content (AvgIpc) is 2.58. The molecule has 0 aliphatic carbocycles. The fourth-order valence-corrected chi connectivity index (χ4v) is 1.71. The van der Waals surface area contributed by atoms with Gasteiger partial charge in [-0.15, -0.1) is 0 Å². The van der Waals surface area contributed by atoms with Crippen LogP contribution < -0.4 is 5.32 Å². The predicted molar refractivity (Wildman–Crippen MR) is 69.1 cm³/mol. The van der Waals surface area contributed by atoms with Gasteiger partial charge in [-0.1, -0.05) is 13.3 Å². The average molecular weight is 255 g/mol. The second kappa shape index (κ2) is 7.00. The molecule has 0 atom stereocenters. The van der Waals surface area contributed by atoms with Gasteiger partial charge in [0.05, 0.1) is 12.3 Å². The van der Waals surface area contributed by atoms with E-state index >= 15 is 0 Å². The summed E-state index contributed by atoms with van der Waals surface area (Å²) in [6, 6.07) is 0. The van der Waals surface area contributed by atoms with Gasteiger partial charge in [0.1, 0.15) is 11.4 Å². The van der Waals surface area contributed by atoms with E-state index in [2.05, 4.69) is 17.3 Å². The van der Waals surface area contributed by atoms with Crippen LogP contribution in [-0.4, -0.2) is 40.6 Å². The predicted octanol–water partition coefficient (Wildman–Crippen LogP) is 1.66. The molecule has 102 valence electrons. The Morgan fingerprint density at radius 1 is 1.50 bits per heavy atom. The normalized spacial score (nSPS) is 10.6. The third kappa shape index (κ3) is 3.73. The zero-order valence-corrected chi connectivity index (χ0v) is 11.2. The molecule has 0 unspecified atom stereocenters. The van der Waals surface area contributed by atoms with Gasteiger partial charge in [0.2, 0.25) is 0 Å². The SMILES string of the molecule is CCCCOCCNc1c(C(=O)O)c(C)nn1C. The van der Waals surface area contributed by atoms with Crippen LogP contribution >= 0.6 is 0 Å². The second-order valence-electron chi connectivity index (χ2n) is 4.13. The first-order chi connectivity index (χ1) is 8.57. The fraction of sp³-hybridized carbons (Fsp3) is 0.667. The number of carboxylic acids is 1. The van der Waals surface area contributed by atoms with Crippen LogP contribution in [0.3, 0.4) is 0 Å². The third-order valence-electron chi connectivity index (χ3n) is 2.62. The van der Waals surface area contributed by atoms with Crippen LogP contribution in [0.25, 0.3) is 0 Å². The molecule has 18 heavy (non-hydrogen) atoms. The van der Waals surface area contributed by atoms with Crippen molar-refractivity contribution in [2.75, 3.05) is 25.1 Å². The van der Waals surface area contributed by atoms with E-state index in [0.717, 1.165) is 19.4 Å². The summed E-state index contributed by atoms with van der Waals surface area (Å²) in [5.41, 5.74) is 0.741. The van der Waals surface area contributed by atoms with Crippen LogP contribution in [0.15, 0.2) is 0 Å². The smallest absolute Gasteiger partial charge is 0.341 e. The molecule has 0 aliphatic rings. The van der Waals surface area contributed by atoms with E-state index in [9.17, 15) is 4.79 Å². The number of ether oxygens (including phenoxy) is 1. The zero-order valence-electron chi connectivity index (χ0n) is 11.2. The molecule has 1 rings (SSSR count). The first-order valence-electron chi connectivity index (χ1n) is 6.16. The Kier molecular flexibility index (Phi) is 5.64. The van der Waals surface area contributed by atoms with E-state index in [1.54, 1.807) is 18.7 Å². The summed E-state index contributed by atoms with van der Waals surface area (Å²) >= 11 is 0. The Morgan fingerprint density at radius 3 is 2.83 bits per heavy atom. The fourth-order valence-electron chi connectivity index (χ4n) is 1.71. The van der Waals surface area contributed by atoms with Gasteiger partial charge in [0.15, 0.2) is 0 Å². The number of carboxylic acid groups (broad SMARTS) is 1. The molecule has 6 nitrogen and oxygen atoms in total. The summed E-state index contributed by atoms with van der Waals surface area (Å²) in [5.74, 6) is -0.436. The highest BCUT2D eigenvalue weighted by molar-refractivity contribution is 5.94. The van der Waals surface area contributed by atoms with Crippen molar-refractivity contribution < 1.29 is 14.6 Å². The minimum absolute atomic E-state index is 0.228. The lowest BCUT2D eigenvalue weighted by Crippen LogP contribution is -2.14. The first kappa shape index (κ1) is 14.5. The molecule has 0 bridgehead atoms. The van der Waals surface area contributed by atoms with Crippen LogP contribution in [0.1, 0.15) is 35.8 Å². The maximum atomic E-state index is 11.1. The summed E-state index contributed by atoms with van der Waals surface area (Å²) < 4.78 is 6.95. The van der Waals surface area contributed by atoms with Gasteiger partial charge in [0.25, 0.3) is 0 Å². The van der Waals surface area contributed by atoms with Crippen molar-refractivity contribution in [3.8, 4) is 0 Å². The van der Waals surface area contributed by atoms with Gasteiger partial charge in [-0.3, -0.25) is 4.68 Å². The molecule has 1 aromatic rings. The highest BCUT2D eigenvalue weighted by Crippen LogP contribution is 2.18. The molecule has 1 heterocycles. The first-order valence-corrected chi connectivity index (χ1v) is 6.16. The number of rotatable bonds is 8. The number of aryl methyl sites for hydroxylation is 2. The summed E-state index contributed by atoms with van der Waals surface area (Å²) in [7, 11) is 1.72. The van der Waals surface area contributed by atoms with Crippen molar-refractivity contribution in [2.45, 2.75) is 26.7 Å². The van der Waals surface area contributed by atoms with Crippen molar-refractivity contribution in [3.63, 3.8) is 0 Å². The maximum absolute atomic E-state index is 11.1. The van der Waals surface area contributed by atoms with Crippen LogP contribution in [0, 0.1) is 6.92 Å². The van der Waals surface area contributed by atoms with Crippen LogP contribution in [0.2, 0.25) is 0 Å². The molecule has 0 spiro atoms. The lowest BCUT2D eigenvalue weighted by Gasteiger charge is -2.08. The van der Waals surface area contributed by atoms with Crippen molar-refractivity contribution in [2.24, 2.45) is 7.05 Å². The lowest BCUT2D eigenvalue weighted by atomic mass is 10.2. The summed E-state index contributed by atoms with van der Waals surface area (Å²) in [6.45, 7) is 5.67. The molecule has 0 radical (unpaired) electrons. The number of nitrogens with zero attached hydrogens (tertiary/aromatic N) is 2. The number of nitrogens with one attached hydrogen (secondary N) is 1. The number of anilines is 1. The number of hydrogen-bond acceptors (Lipinski definition) is 4. The van der Waals surface area contributed by atoms with Gasteiger partial charge in [-0.25, -0.2) is 4.79 Å². The molecule has 6 heteroatoms. The molecule has 2 N–H and O–H groups in total. The van der Waals surface area contributed by atoms with Crippen molar-refractivity contribution >= 4 is 11.8 Å². The lowest BCUT2D eigenvalue weighted by molar-refractivity contribution is 0.0697. The minimum Gasteiger partial charge on any atom is -0.477 e. The van der Waals surface area contributed by atoms with Crippen LogP contribution in [0.4, 0.5) is 5.82 Å². The number of aromatic nitrogens is 2. The molecule has 0 saturated heterocycles. The zero-order chi connectivity index (χ0) is 13.5. The van der Waals surface area contributed by atoms with Gasteiger partial charge < -0.3 is 15.2 Å². The maximum Gasteiger partial charge on any atom is 0.341 e. The van der Waals surface area contributed by atoms with Crippen LogP contribution in [-0.2, 0) is 11.8 Å². The number of hydrogen-bond donors (Lipinski definition) is 2. The highest BCUT2D eigenvalue weighted by Gasteiger charge is 2.18. The van der Waals surface area contributed by atoms with Gasteiger partial charge in [-0.2, -0.15) is 5.10 Å². The number of unbranched alkanes of at least 4 members (excludes halogenated alkanes) is 1. The molecular weight excluding hydrogens is 234 g/mol. The number of aromatic carboxylic acids is 1. The molecule has 0 saturated carbocycles. The van der Waals surface area contributed by atoms with E-state index in [4.69, 9.17) is 9.84 Å². The highest BCUT2D eigenvalue weighted by atomic mass is 16.5. The van der Waals surface area contributed by atoms with Crippen molar-refractivity contribution in [1.82, 2.24) is 9.78 Å². The third-order valence-corrected chi connectivity index (χ3v) is 2.62. The Morgan fingerprint density at radius 2 is 2.22 bits per heavy atom. The van der Waals surface area contributed by atoms with Crippen LogP contribution in [0.5, 0.6) is 0 Å². The summed E-state index contributed by atoms with van der Waals surface area (Å²) in [6.07, 6.45) is 2.16. The molecular formula is C12H21N3O3. The van der Waals surface area contributed by atoms with Gasteiger partial charge >= 0.3 is 5.97 Å².